The fourth-order valence-electron chi connectivity index (χ4n) is 1.55. The van der Waals surface area contributed by atoms with Gasteiger partial charge in [0.2, 0.25) is 0 Å². The molecule has 0 saturated carbocycles. The van der Waals surface area contributed by atoms with Crippen LogP contribution in [-0.2, 0) is 4.79 Å². The molecule has 0 aromatic heterocycles. The van der Waals surface area contributed by atoms with E-state index in [2.05, 4.69) is 16.7 Å². The predicted molar refractivity (Wildman–Crippen MR) is 48.7 cm³/mol. The van der Waals surface area contributed by atoms with Crippen LogP contribution in [0.15, 0.2) is 0 Å². The summed E-state index contributed by atoms with van der Waals surface area (Å²) in [5.41, 5.74) is 0. The van der Waals surface area contributed by atoms with Crippen molar-refractivity contribution in [3.8, 4) is 11.8 Å². The Morgan fingerprint density at radius 2 is 2.42 bits per heavy atom. The Morgan fingerprint density at radius 3 is 3.08 bits per heavy atom. The van der Waals surface area contributed by atoms with Crippen molar-refractivity contribution >= 4 is 6.29 Å². The van der Waals surface area contributed by atoms with Crippen molar-refractivity contribution in [3.05, 3.63) is 0 Å². The fourth-order valence-corrected chi connectivity index (χ4v) is 1.55. The second-order valence-electron chi connectivity index (χ2n) is 3.10. The van der Waals surface area contributed by atoms with Crippen LogP contribution in [0.2, 0.25) is 0 Å². The van der Waals surface area contributed by atoms with E-state index < -0.39 is 0 Å². The van der Waals surface area contributed by atoms with Gasteiger partial charge in [-0.25, -0.2) is 0 Å². The molecule has 0 bridgehead atoms. The molecule has 1 aliphatic heterocycles. The standard InChI is InChI=1S/C10H15NO/c1-2-3-7-11-8-5-4-6-10(11)9-12/h9-10H,4-8H2,1H3. The first-order chi connectivity index (χ1) is 5.88. The van der Waals surface area contributed by atoms with Crippen molar-refractivity contribution in [1.82, 2.24) is 4.90 Å². The van der Waals surface area contributed by atoms with E-state index in [4.69, 9.17) is 0 Å². The molecular formula is C10H15NO. The van der Waals surface area contributed by atoms with E-state index in [1.807, 2.05) is 6.92 Å². The van der Waals surface area contributed by atoms with Crippen LogP contribution < -0.4 is 0 Å². The van der Waals surface area contributed by atoms with Gasteiger partial charge in [-0.2, -0.15) is 0 Å². The van der Waals surface area contributed by atoms with E-state index in [0.717, 1.165) is 25.8 Å². The molecule has 1 unspecified atom stereocenters. The topological polar surface area (TPSA) is 20.3 Å². The number of carbonyl (C=O) groups excluding carboxylic acids is 1. The first-order valence-electron chi connectivity index (χ1n) is 4.47. The van der Waals surface area contributed by atoms with Crippen LogP contribution >= 0.6 is 0 Å². The fraction of sp³-hybridized carbons (Fsp3) is 0.700. The molecule has 1 heterocycles. The van der Waals surface area contributed by atoms with Gasteiger partial charge in [0.1, 0.15) is 6.29 Å². The molecule has 1 fully saturated rings. The van der Waals surface area contributed by atoms with E-state index in [-0.39, 0.29) is 6.04 Å². The van der Waals surface area contributed by atoms with E-state index >= 15 is 0 Å². The molecule has 0 aromatic rings. The summed E-state index contributed by atoms with van der Waals surface area (Å²) in [7, 11) is 0. The minimum atomic E-state index is 0.125. The Morgan fingerprint density at radius 1 is 1.58 bits per heavy atom. The van der Waals surface area contributed by atoms with Crippen molar-refractivity contribution in [2.24, 2.45) is 0 Å². The highest BCUT2D eigenvalue weighted by atomic mass is 16.1. The predicted octanol–water partition coefficient (Wildman–Crippen LogP) is 1.06. The number of carbonyl (C=O) groups is 1. The smallest absolute Gasteiger partial charge is 0.137 e. The molecule has 2 nitrogen and oxygen atoms in total. The highest BCUT2D eigenvalue weighted by molar-refractivity contribution is 5.57. The first kappa shape index (κ1) is 9.28. The van der Waals surface area contributed by atoms with Crippen LogP contribution in [0.25, 0.3) is 0 Å². The molecule has 1 saturated heterocycles. The molecule has 1 atom stereocenters. The second kappa shape index (κ2) is 4.95. The first-order valence-corrected chi connectivity index (χ1v) is 4.47. The molecule has 0 N–H and O–H groups in total. The van der Waals surface area contributed by atoms with E-state index in [1.54, 1.807) is 0 Å². The normalized spacial score (nSPS) is 24.2. The number of hydrogen-bond acceptors (Lipinski definition) is 2. The van der Waals surface area contributed by atoms with Gasteiger partial charge in [-0.1, -0.05) is 12.3 Å². The number of piperidine rings is 1. The Hall–Kier alpha value is -0.810. The van der Waals surface area contributed by atoms with Gasteiger partial charge in [0.25, 0.3) is 0 Å². The largest absolute Gasteiger partial charge is 0.302 e. The van der Waals surface area contributed by atoms with Crippen LogP contribution in [0.5, 0.6) is 0 Å². The summed E-state index contributed by atoms with van der Waals surface area (Å²) in [4.78, 5) is 12.8. The van der Waals surface area contributed by atoms with Crippen LogP contribution in [0.3, 0.4) is 0 Å². The molecule has 1 rings (SSSR count). The Balaban J connectivity index is 2.44. The molecule has 0 amide bonds. The highest BCUT2D eigenvalue weighted by Crippen LogP contribution is 2.14. The lowest BCUT2D eigenvalue weighted by Gasteiger charge is -2.30. The van der Waals surface area contributed by atoms with E-state index in [9.17, 15) is 4.79 Å². The summed E-state index contributed by atoms with van der Waals surface area (Å²) < 4.78 is 0. The lowest BCUT2D eigenvalue weighted by molar-refractivity contribution is -0.113. The number of aldehydes is 1. The zero-order valence-electron chi connectivity index (χ0n) is 7.55. The SMILES string of the molecule is CC#CCN1CCCCC1C=O. The van der Waals surface area contributed by atoms with Gasteiger partial charge in [-0.3, -0.25) is 4.90 Å². The quantitative estimate of drug-likeness (QED) is 0.450. The average molecular weight is 165 g/mol. The number of rotatable bonds is 2. The van der Waals surface area contributed by atoms with Crippen LogP contribution in [0.4, 0.5) is 0 Å². The van der Waals surface area contributed by atoms with Crippen LogP contribution in [-0.4, -0.2) is 30.3 Å². The Labute approximate surface area is 73.9 Å². The van der Waals surface area contributed by atoms with Crippen LogP contribution in [0, 0.1) is 11.8 Å². The Kier molecular flexibility index (Phi) is 3.83. The zero-order valence-corrected chi connectivity index (χ0v) is 7.55. The minimum absolute atomic E-state index is 0.125. The molecule has 0 aliphatic carbocycles. The maximum absolute atomic E-state index is 10.6. The third-order valence-electron chi connectivity index (χ3n) is 2.28. The second-order valence-corrected chi connectivity index (χ2v) is 3.10. The lowest BCUT2D eigenvalue weighted by Crippen LogP contribution is -2.40. The van der Waals surface area contributed by atoms with Gasteiger partial charge in [-0.05, 0) is 26.3 Å². The zero-order chi connectivity index (χ0) is 8.81. The van der Waals surface area contributed by atoms with Gasteiger partial charge in [0.15, 0.2) is 0 Å². The van der Waals surface area contributed by atoms with Gasteiger partial charge in [-0.15, -0.1) is 5.92 Å². The van der Waals surface area contributed by atoms with Gasteiger partial charge < -0.3 is 4.79 Å². The van der Waals surface area contributed by atoms with Gasteiger partial charge >= 0.3 is 0 Å². The highest BCUT2D eigenvalue weighted by Gasteiger charge is 2.20. The summed E-state index contributed by atoms with van der Waals surface area (Å²) in [5.74, 6) is 5.85. The molecule has 0 spiro atoms. The monoisotopic (exact) mass is 165 g/mol. The van der Waals surface area contributed by atoms with E-state index in [0.29, 0.717) is 0 Å². The van der Waals surface area contributed by atoms with E-state index in [1.165, 1.54) is 12.8 Å². The average Bonchev–Trinajstić information content (AvgIpc) is 2.15. The summed E-state index contributed by atoms with van der Waals surface area (Å²) in [5, 5.41) is 0. The van der Waals surface area contributed by atoms with Gasteiger partial charge in [0.05, 0.1) is 12.6 Å². The molecular weight excluding hydrogens is 150 g/mol. The minimum Gasteiger partial charge on any atom is -0.302 e. The lowest BCUT2D eigenvalue weighted by atomic mass is 10.0. The maximum Gasteiger partial charge on any atom is 0.137 e. The molecule has 2 heteroatoms. The van der Waals surface area contributed by atoms with Crippen molar-refractivity contribution in [1.29, 1.82) is 0 Å². The number of likely N-dealkylation sites (tertiary alicyclic amines) is 1. The molecule has 0 aromatic carbocycles. The van der Waals surface area contributed by atoms with Crippen molar-refractivity contribution in [2.75, 3.05) is 13.1 Å². The molecule has 66 valence electrons. The summed E-state index contributed by atoms with van der Waals surface area (Å²) in [6.45, 7) is 3.61. The van der Waals surface area contributed by atoms with Crippen molar-refractivity contribution in [3.63, 3.8) is 0 Å². The third kappa shape index (κ3) is 2.35. The Bertz CT molecular complexity index is 202. The third-order valence-corrected chi connectivity index (χ3v) is 2.28. The van der Waals surface area contributed by atoms with Crippen molar-refractivity contribution in [2.45, 2.75) is 32.2 Å². The van der Waals surface area contributed by atoms with Crippen molar-refractivity contribution < 1.29 is 4.79 Å². The van der Waals surface area contributed by atoms with Gasteiger partial charge in [0, 0.05) is 0 Å². The number of hydrogen-bond donors (Lipinski definition) is 0. The summed E-state index contributed by atoms with van der Waals surface area (Å²) >= 11 is 0. The molecule has 12 heavy (non-hydrogen) atoms. The number of nitrogens with zero attached hydrogens (tertiary/aromatic N) is 1. The van der Waals surface area contributed by atoms with Crippen LogP contribution in [0.1, 0.15) is 26.2 Å². The summed E-state index contributed by atoms with van der Waals surface area (Å²) in [6.07, 6.45) is 4.45. The molecule has 0 radical (unpaired) electrons. The molecule has 1 aliphatic rings. The summed E-state index contributed by atoms with van der Waals surface area (Å²) in [6, 6.07) is 0.125. The maximum atomic E-state index is 10.6.